The number of alkyl halides is 3. The van der Waals surface area contributed by atoms with E-state index in [2.05, 4.69) is 10.3 Å². The molecular weight excluding hydrogens is 449 g/mol. The molecule has 0 atom stereocenters. The molecule has 3 aromatic rings. The Labute approximate surface area is 184 Å². The van der Waals surface area contributed by atoms with Gasteiger partial charge in [-0.15, -0.1) is 0 Å². The number of nitrogens with zero attached hydrogens (tertiary/aromatic N) is 3. The number of nitrogens with one attached hydrogen (secondary N) is 1. The number of amides is 1. The summed E-state index contributed by atoms with van der Waals surface area (Å²) < 4.78 is 44.7. The van der Waals surface area contributed by atoms with Gasteiger partial charge in [0.15, 0.2) is 0 Å². The molecule has 3 rings (SSSR count). The predicted octanol–water partition coefficient (Wildman–Crippen LogP) is 4.36. The number of halogens is 3. The van der Waals surface area contributed by atoms with Gasteiger partial charge in [0, 0.05) is 11.1 Å². The summed E-state index contributed by atoms with van der Waals surface area (Å²) in [6, 6.07) is 6.63. The minimum atomic E-state index is -4.43. The quantitative estimate of drug-likeness (QED) is 0.522. The number of rotatable bonds is 6. The van der Waals surface area contributed by atoms with E-state index >= 15 is 0 Å². The van der Waals surface area contributed by atoms with Crippen LogP contribution in [0.3, 0.4) is 0 Å². The summed E-state index contributed by atoms with van der Waals surface area (Å²) in [5.74, 6) is -0.394. The van der Waals surface area contributed by atoms with Crippen LogP contribution in [0.5, 0.6) is 5.88 Å². The van der Waals surface area contributed by atoms with Gasteiger partial charge in [0.2, 0.25) is 5.88 Å². The molecule has 170 valence electrons. The van der Waals surface area contributed by atoms with Crippen LogP contribution >= 0.6 is 11.8 Å². The Morgan fingerprint density at radius 3 is 2.56 bits per heavy atom. The van der Waals surface area contributed by atoms with Gasteiger partial charge in [-0.25, -0.2) is 14.2 Å². The fraction of sp³-hybridized carbons (Fsp3) is 0.250. The second kappa shape index (κ2) is 9.39. The van der Waals surface area contributed by atoms with Crippen molar-refractivity contribution in [3.8, 4) is 11.6 Å². The zero-order valence-electron chi connectivity index (χ0n) is 17.0. The van der Waals surface area contributed by atoms with E-state index in [0.717, 1.165) is 4.57 Å². The van der Waals surface area contributed by atoms with Gasteiger partial charge in [-0.05, 0) is 61.5 Å². The standard InChI is InChI=1S/C20H19F3N4O4S/c1-12(2)31-18(29)25-16-9-24-8-7-13(16)10-26-11-17(28)27(19(26)30)14-3-5-15(6-4-14)32-20(21,22)23/h3-9,11-12,28H,10H2,1-2H3,(H,25,29). The molecule has 0 saturated heterocycles. The molecule has 0 aliphatic rings. The molecule has 0 spiro atoms. The molecule has 0 radical (unpaired) electrons. The van der Waals surface area contributed by atoms with Gasteiger partial charge in [-0.3, -0.25) is 14.9 Å². The average molecular weight is 468 g/mol. The third-order valence-corrected chi connectivity index (χ3v) is 4.84. The van der Waals surface area contributed by atoms with Crippen LogP contribution in [-0.4, -0.2) is 36.9 Å². The molecule has 8 nitrogen and oxygen atoms in total. The zero-order chi connectivity index (χ0) is 23.5. The number of anilines is 1. The van der Waals surface area contributed by atoms with Crippen molar-refractivity contribution in [2.75, 3.05) is 5.32 Å². The summed E-state index contributed by atoms with van der Waals surface area (Å²) in [6.07, 6.45) is 3.06. The van der Waals surface area contributed by atoms with Gasteiger partial charge in [0.05, 0.1) is 36.4 Å². The van der Waals surface area contributed by atoms with E-state index in [1.165, 1.54) is 47.4 Å². The summed E-state index contributed by atoms with van der Waals surface area (Å²) >= 11 is -0.276. The van der Waals surface area contributed by atoms with E-state index in [1.807, 2.05) is 0 Å². The van der Waals surface area contributed by atoms with Crippen molar-refractivity contribution in [3.63, 3.8) is 0 Å². The fourth-order valence-corrected chi connectivity index (χ4v) is 3.38. The molecule has 0 fully saturated rings. The van der Waals surface area contributed by atoms with Crippen LogP contribution in [0.1, 0.15) is 19.4 Å². The first-order valence-corrected chi connectivity index (χ1v) is 10.1. The summed E-state index contributed by atoms with van der Waals surface area (Å²) in [5.41, 5.74) is -4.00. The zero-order valence-corrected chi connectivity index (χ0v) is 17.8. The number of thioether (sulfide) groups is 1. The lowest BCUT2D eigenvalue weighted by Gasteiger charge is -2.12. The van der Waals surface area contributed by atoms with Crippen molar-refractivity contribution in [1.82, 2.24) is 14.1 Å². The van der Waals surface area contributed by atoms with Gasteiger partial charge >= 0.3 is 17.3 Å². The van der Waals surface area contributed by atoms with Crippen molar-refractivity contribution < 1.29 is 27.8 Å². The number of pyridine rings is 1. The highest BCUT2D eigenvalue weighted by Gasteiger charge is 2.29. The number of benzene rings is 1. The Balaban J connectivity index is 1.85. The van der Waals surface area contributed by atoms with Crippen LogP contribution in [-0.2, 0) is 11.3 Å². The molecule has 1 amide bonds. The van der Waals surface area contributed by atoms with Gasteiger partial charge in [0.25, 0.3) is 0 Å². The Morgan fingerprint density at radius 1 is 1.25 bits per heavy atom. The topological polar surface area (TPSA) is 98.4 Å². The van der Waals surface area contributed by atoms with E-state index in [0.29, 0.717) is 11.3 Å². The number of aromatic nitrogens is 3. The number of carbonyl (C=O) groups is 1. The number of hydrogen-bond donors (Lipinski definition) is 2. The third kappa shape index (κ3) is 5.84. The lowest BCUT2D eigenvalue weighted by molar-refractivity contribution is -0.0328. The summed E-state index contributed by atoms with van der Waals surface area (Å²) in [5, 5.41) is 12.8. The maximum Gasteiger partial charge on any atom is 0.446 e. The highest BCUT2D eigenvalue weighted by molar-refractivity contribution is 8.00. The predicted molar refractivity (Wildman–Crippen MR) is 112 cm³/mol. The molecule has 0 aliphatic carbocycles. The summed E-state index contributed by atoms with van der Waals surface area (Å²) in [7, 11) is 0. The van der Waals surface area contributed by atoms with E-state index in [9.17, 15) is 27.9 Å². The molecule has 0 saturated carbocycles. The second-order valence-electron chi connectivity index (χ2n) is 6.89. The minimum Gasteiger partial charge on any atom is -0.493 e. The van der Waals surface area contributed by atoms with Crippen LogP contribution in [0.15, 0.2) is 58.6 Å². The molecule has 0 unspecified atom stereocenters. The van der Waals surface area contributed by atoms with Crippen LogP contribution in [0.4, 0.5) is 23.7 Å². The van der Waals surface area contributed by atoms with Gasteiger partial charge in [0.1, 0.15) is 0 Å². The Hall–Kier alpha value is -3.41. The lowest BCUT2D eigenvalue weighted by Crippen LogP contribution is -2.24. The first-order chi connectivity index (χ1) is 15.0. The first-order valence-electron chi connectivity index (χ1n) is 9.31. The van der Waals surface area contributed by atoms with Crippen LogP contribution in [0, 0.1) is 0 Å². The molecule has 32 heavy (non-hydrogen) atoms. The highest BCUT2D eigenvalue weighted by atomic mass is 32.2. The lowest BCUT2D eigenvalue weighted by atomic mass is 10.2. The summed E-state index contributed by atoms with van der Waals surface area (Å²) in [4.78, 5) is 28.7. The largest absolute Gasteiger partial charge is 0.493 e. The van der Waals surface area contributed by atoms with E-state index in [-0.39, 0.29) is 35.0 Å². The second-order valence-corrected chi connectivity index (χ2v) is 8.03. The Bertz CT molecular complexity index is 1160. The number of imidazole rings is 1. The maximum absolute atomic E-state index is 12.8. The van der Waals surface area contributed by atoms with Crippen molar-refractivity contribution in [1.29, 1.82) is 0 Å². The first kappa shape index (κ1) is 23.3. The molecule has 2 N–H and O–H groups in total. The molecule has 2 aromatic heterocycles. The molecule has 0 aliphatic heterocycles. The number of ether oxygens (including phenoxy) is 1. The van der Waals surface area contributed by atoms with Crippen LogP contribution < -0.4 is 11.0 Å². The van der Waals surface area contributed by atoms with Crippen molar-refractivity contribution in [2.45, 2.75) is 36.9 Å². The summed E-state index contributed by atoms with van der Waals surface area (Å²) in [6.45, 7) is 3.38. The van der Waals surface area contributed by atoms with E-state index in [1.54, 1.807) is 19.9 Å². The molecular formula is C20H19F3N4O4S. The SMILES string of the molecule is CC(C)OC(=O)Nc1cnccc1Cn1cc(O)n(-c2ccc(SC(F)(F)F)cc2)c1=O. The monoisotopic (exact) mass is 468 g/mol. The van der Waals surface area contributed by atoms with E-state index < -0.39 is 23.2 Å². The van der Waals surface area contributed by atoms with Gasteiger partial charge in [-0.1, -0.05) is 0 Å². The average Bonchev–Trinajstić information content (AvgIpc) is 2.95. The Kier molecular flexibility index (Phi) is 6.82. The van der Waals surface area contributed by atoms with E-state index in [4.69, 9.17) is 4.74 Å². The normalized spacial score (nSPS) is 11.6. The van der Waals surface area contributed by atoms with Crippen LogP contribution in [0.25, 0.3) is 5.69 Å². The van der Waals surface area contributed by atoms with Gasteiger partial charge in [-0.2, -0.15) is 13.2 Å². The third-order valence-electron chi connectivity index (χ3n) is 4.10. The minimum absolute atomic E-state index is 0.0127. The molecule has 2 heterocycles. The molecule has 12 heteroatoms. The number of aromatic hydroxyl groups is 1. The molecule has 0 bridgehead atoms. The fourth-order valence-electron chi connectivity index (χ4n) is 2.84. The molecule has 1 aromatic carbocycles. The smallest absolute Gasteiger partial charge is 0.446 e. The van der Waals surface area contributed by atoms with Crippen molar-refractivity contribution in [2.24, 2.45) is 0 Å². The maximum atomic E-state index is 12.8. The Morgan fingerprint density at radius 2 is 1.94 bits per heavy atom. The number of hydrogen-bond acceptors (Lipinski definition) is 6. The van der Waals surface area contributed by atoms with Gasteiger partial charge < -0.3 is 9.84 Å². The number of carbonyl (C=O) groups excluding carboxylic acids is 1. The van der Waals surface area contributed by atoms with Crippen molar-refractivity contribution >= 4 is 23.5 Å². The highest BCUT2D eigenvalue weighted by Crippen LogP contribution is 2.37. The van der Waals surface area contributed by atoms with Crippen LogP contribution in [0.2, 0.25) is 0 Å². The van der Waals surface area contributed by atoms with Crippen molar-refractivity contribution in [3.05, 3.63) is 65.0 Å².